The van der Waals surface area contributed by atoms with Gasteiger partial charge in [0, 0.05) is 25.2 Å². The molecule has 1 aliphatic rings. The number of amides is 1. The van der Waals surface area contributed by atoms with Crippen molar-refractivity contribution in [1.82, 2.24) is 4.90 Å². The van der Waals surface area contributed by atoms with Crippen LogP contribution < -0.4 is 10.5 Å². The van der Waals surface area contributed by atoms with Gasteiger partial charge in [0.1, 0.15) is 12.0 Å². The summed E-state index contributed by atoms with van der Waals surface area (Å²) in [6.45, 7) is 5.71. The number of rotatable bonds is 6. The molecule has 6 heteroatoms. The van der Waals surface area contributed by atoms with Crippen LogP contribution in [0.15, 0.2) is 48.5 Å². The number of ether oxygens (including phenoxy) is 1. The van der Waals surface area contributed by atoms with E-state index < -0.39 is 8.32 Å². The predicted molar refractivity (Wildman–Crippen MR) is 114 cm³/mol. The van der Waals surface area contributed by atoms with Crippen molar-refractivity contribution in [2.24, 2.45) is 5.73 Å². The van der Waals surface area contributed by atoms with Crippen LogP contribution in [0.25, 0.3) is 0 Å². The second kappa shape index (κ2) is 8.90. The molecule has 0 bridgehead atoms. The van der Waals surface area contributed by atoms with Gasteiger partial charge < -0.3 is 20.2 Å². The molecule has 0 aliphatic carbocycles. The molecule has 0 saturated carbocycles. The molecule has 3 rings (SSSR count). The van der Waals surface area contributed by atoms with Gasteiger partial charge in [0.05, 0.1) is 0 Å². The summed E-state index contributed by atoms with van der Waals surface area (Å²) in [6, 6.07) is 15.7. The van der Waals surface area contributed by atoms with E-state index in [9.17, 15) is 9.59 Å². The number of benzene rings is 2. The smallest absolute Gasteiger partial charge is 0.253 e. The Labute approximate surface area is 168 Å². The molecule has 0 unspecified atom stereocenters. The van der Waals surface area contributed by atoms with Crippen molar-refractivity contribution in [3.63, 3.8) is 0 Å². The monoisotopic (exact) mass is 398 g/mol. The lowest BCUT2D eigenvalue weighted by Crippen LogP contribution is -2.38. The van der Waals surface area contributed by atoms with Gasteiger partial charge in [-0.3, -0.25) is 4.79 Å². The van der Waals surface area contributed by atoms with Gasteiger partial charge in [-0.25, -0.2) is 0 Å². The molecule has 2 aromatic carbocycles. The molecule has 0 spiro atoms. The zero-order valence-corrected chi connectivity index (χ0v) is 17.7. The molecule has 5 nitrogen and oxygen atoms in total. The quantitative estimate of drug-likeness (QED) is 0.732. The highest BCUT2D eigenvalue weighted by atomic mass is 28.4. The van der Waals surface area contributed by atoms with E-state index in [-0.39, 0.29) is 5.91 Å². The van der Waals surface area contributed by atoms with Crippen LogP contribution in [0.1, 0.15) is 40.2 Å². The van der Waals surface area contributed by atoms with Crippen LogP contribution in [-0.2, 0) is 6.54 Å². The van der Waals surface area contributed by atoms with Crippen molar-refractivity contribution in [3.8, 4) is 5.75 Å². The van der Waals surface area contributed by atoms with E-state index in [1.54, 1.807) is 6.07 Å². The van der Waals surface area contributed by atoms with Crippen molar-refractivity contribution >= 4 is 14.2 Å². The van der Waals surface area contributed by atoms with Crippen LogP contribution in [0.2, 0.25) is 13.1 Å². The lowest BCUT2D eigenvalue weighted by atomic mass is 9.88. The van der Waals surface area contributed by atoms with Crippen LogP contribution >= 0.6 is 0 Å². The van der Waals surface area contributed by atoms with Crippen LogP contribution in [0.4, 0.5) is 0 Å². The maximum Gasteiger partial charge on any atom is 0.253 e. The van der Waals surface area contributed by atoms with Gasteiger partial charge in [0.15, 0.2) is 0 Å². The fourth-order valence-corrected chi connectivity index (χ4v) is 4.07. The minimum atomic E-state index is -2.29. The summed E-state index contributed by atoms with van der Waals surface area (Å²) < 4.78 is 5.68. The normalized spacial score (nSPS) is 15.5. The number of carbonyl (C=O) groups excluding carboxylic acids is 1. The van der Waals surface area contributed by atoms with Crippen molar-refractivity contribution in [1.29, 1.82) is 0 Å². The minimum Gasteiger partial charge on any atom is -0.494 e. The highest BCUT2D eigenvalue weighted by Crippen LogP contribution is 2.29. The first-order valence-electron chi connectivity index (χ1n) is 9.89. The van der Waals surface area contributed by atoms with Gasteiger partial charge >= 0.3 is 0 Å². The van der Waals surface area contributed by atoms with Crippen molar-refractivity contribution in [2.75, 3.05) is 19.3 Å². The molecule has 1 fully saturated rings. The Morgan fingerprint density at radius 1 is 1.18 bits per heavy atom. The lowest BCUT2D eigenvalue weighted by molar-refractivity contribution is 0.0712. The van der Waals surface area contributed by atoms with Gasteiger partial charge in [-0.1, -0.05) is 30.3 Å². The summed E-state index contributed by atoms with van der Waals surface area (Å²) in [5.41, 5.74) is 8.87. The Balaban J connectivity index is 1.60. The molecule has 1 heterocycles. The number of nitrogens with two attached hydrogens (primary N) is 1. The molecule has 0 aromatic heterocycles. The Morgan fingerprint density at radius 3 is 2.57 bits per heavy atom. The first kappa shape index (κ1) is 20.6. The molecule has 150 valence electrons. The molecule has 28 heavy (non-hydrogen) atoms. The average molecular weight is 399 g/mol. The standard InChI is InChI=1S/C22H30N2O3Si/c1-28(2,26)16-27-21-8-4-7-20(14-21)22(25)24-11-9-18(10-12-24)19-6-3-5-17(13-19)15-23/h3-8,13-14,18,26H,9-12,15-16,23H2,1-2H3. The Hall–Kier alpha value is -2.15. The summed E-state index contributed by atoms with van der Waals surface area (Å²) in [5.74, 6) is 1.15. The number of hydrogen-bond acceptors (Lipinski definition) is 4. The summed E-state index contributed by atoms with van der Waals surface area (Å²) in [6.07, 6.45) is 2.23. The van der Waals surface area contributed by atoms with Crippen LogP contribution in [0.5, 0.6) is 5.75 Å². The topological polar surface area (TPSA) is 75.8 Å². The van der Waals surface area contributed by atoms with Crippen molar-refractivity contribution in [2.45, 2.75) is 38.4 Å². The van der Waals surface area contributed by atoms with Crippen molar-refractivity contribution in [3.05, 3.63) is 65.2 Å². The molecule has 1 aliphatic heterocycles. The molecule has 0 atom stereocenters. The van der Waals surface area contributed by atoms with Crippen LogP contribution in [-0.4, -0.2) is 43.2 Å². The highest BCUT2D eigenvalue weighted by molar-refractivity contribution is 6.69. The molecule has 0 radical (unpaired) electrons. The maximum atomic E-state index is 12.9. The number of likely N-dealkylation sites (tertiary alicyclic amines) is 1. The summed E-state index contributed by atoms with van der Waals surface area (Å²) in [4.78, 5) is 24.8. The van der Waals surface area contributed by atoms with Gasteiger partial charge in [-0.15, -0.1) is 0 Å². The Bertz CT molecular complexity index is 811. The largest absolute Gasteiger partial charge is 0.494 e. The van der Waals surface area contributed by atoms with E-state index >= 15 is 0 Å². The third-order valence-electron chi connectivity index (χ3n) is 5.11. The first-order chi connectivity index (χ1) is 13.4. The number of piperidine rings is 1. The van der Waals surface area contributed by atoms with Gasteiger partial charge in [0.25, 0.3) is 5.91 Å². The second-order valence-electron chi connectivity index (χ2n) is 8.14. The molecule has 1 amide bonds. The Morgan fingerprint density at radius 2 is 1.89 bits per heavy atom. The zero-order chi connectivity index (χ0) is 20.1. The predicted octanol–water partition coefficient (Wildman–Crippen LogP) is 3.28. The van der Waals surface area contributed by atoms with Crippen molar-refractivity contribution < 1.29 is 14.3 Å². The van der Waals surface area contributed by atoms with E-state index in [1.807, 2.05) is 36.2 Å². The van der Waals surface area contributed by atoms with E-state index in [4.69, 9.17) is 10.5 Å². The molecule has 1 saturated heterocycles. The third kappa shape index (κ3) is 5.44. The summed E-state index contributed by atoms with van der Waals surface area (Å²) >= 11 is 0. The summed E-state index contributed by atoms with van der Waals surface area (Å²) in [5, 5.41) is 0. The van der Waals surface area contributed by atoms with Gasteiger partial charge in [-0.05, 0) is 61.2 Å². The SMILES string of the molecule is C[Si](C)(O)COc1cccc(C(=O)N2CCC(c3cccc(CN)c3)CC2)c1. The molecule has 2 aromatic rings. The first-order valence-corrected chi connectivity index (χ1v) is 13.0. The van der Waals surface area contributed by atoms with Gasteiger partial charge in [-0.2, -0.15) is 0 Å². The zero-order valence-electron chi connectivity index (χ0n) is 16.7. The molecule has 3 N–H and O–H groups in total. The van der Waals surface area contributed by atoms with Gasteiger partial charge in [0.2, 0.25) is 8.32 Å². The van der Waals surface area contributed by atoms with E-state index in [0.29, 0.717) is 30.0 Å². The fraction of sp³-hybridized carbons (Fsp3) is 0.409. The fourth-order valence-electron chi connectivity index (χ4n) is 3.55. The van der Waals surface area contributed by atoms with E-state index in [2.05, 4.69) is 24.3 Å². The number of hydrogen-bond donors (Lipinski definition) is 2. The molecular weight excluding hydrogens is 368 g/mol. The molecular formula is C22H30N2O3Si. The van der Waals surface area contributed by atoms with E-state index in [0.717, 1.165) is 31.5 Å². The van der Waals surface area contributed by atoms with Crippen LogP contribution in [0, 0.1) is 0 Å². The summed E-state index contributed by atoms with van der Waals surface area (Å²) in [7, 11) is -2.29. The highest BCUT2D eigenvalue weighted by Gasteiger charge is 2.25. The van der Waals surface area contributed by atoms with E-state index in [1.165, 1.54) is 5.56 Å². The lowest BCUT2D eigenvalue weighted by Gasteiger charge is -2.32. The Kier molecular flexibility index (Phi) is 6.54. The number of carbonyl (C=O) groups is 1. The second-order valence-corrected chi connectivity index (χ2v) is 12.1. The van der Waals surface area contributed by atoms with Crippen LogP contribution in [0.3, 0.4) is 0 Å². The number of nitrogens with zero attached hydrogens (tertiary/aromatic N) is 1. The third-order valence-corrected chi connectivity index (χ3v) is 5.96. The minimum absolute atomic E-state index is 0.0418. The average Bonchev–Trinajstić information content (AvgIpc) is 2.71. The maximum absolute atomic E-state index is 12.9.